The number of nitro groups is 1. The molecule has 0 unspecified atom stereocenters. The van der Waals surface area contributed by atoms with Crippen LogP contribution >= 0.6 is 0 Å². The van der Waals surface area contributed by atoms with Crippen molar-refractivity contribution >= 4 is 0 Å². The monoisotopic (exact) mass is 285 g/mol. The second-order valence-electron chi connectivity index (χ2n) is 5.13. The highest BCUT2D eigenvalue weighted by atomic mass is 16.6. The first-order valence-corrected chi connectivity index (χ1v) is 7.06. The Morgan fingerprint density at radius 2 is 1.48 bits per heavy atom. The van der Waals surface area contributed by atoms with Crippen molar-refractivity contribution < 1.29 is 10.0 Å². The summed E-state index contributed by atoms with van der Waals surface area (Å²) in [5.74, 6) is 0. The fourth-order valence-corrected chi connectivity index (χ4v) is 2.36. The minimum absolute atomic E-state index is 0.254. The van der Waals surface area contributed by atoms with Gasteiger partial charge in [-0.3, -0.25) is 10.1 Å². The lowest BCUT2D eigenvalue weighted by atomic mass is 9.97. The Balaban J connectivity index is 1.96. The number of hydrogen-bond acceptors (Lipinski definition) is 3. The molecule has 0 aliphatic carbocycles. The summed E-state index contributed by atoms with van der Waals surface area (Å²) in [5.41, 5.74) is 1.95. The number of aryl methyl sites for hydroxylation is 1. The van der Waals surface area contributed by atoms with Crippen LogP contribution in [0, 0.1) is 10.1 Å². The van der Waals surface area contributed by atoms with Gasteiger partial charge in [0.15, 0.2) is 0 Å². The summed E-state index contributed by atoms with van der Waals surface area (Å²) >= 11 is 0. The van der Waals surface area contributed by atoms with E-state index in [1.807, 2.05) is 60.7 Å². The molecule has 2 aromatic carbocycles. The van der Waals surface area contributed by atoms with Crippen molar-refractivity contribution in [3.05, 3.63) is 81.9 Å². The second kappa shape index (κ2) is 7.55. The lowest BCUT2D eigenvalue weighted by molar-refractivity contribution is -0.534. The van der Waals surface area contributed by atoms with Gasteiger partial charge in [-0.15, -0.1) is 0 Å². The van der Waals surface area contributed by atoms with Crippen molar-refractivity contribution in [1.82, 2.24) is 0 Å². The molecule has 0 saturated carbocycles. The first-order chi connectivity index (χ1) is 10.2. The van der Waals surface area contributed by atoms with E-state index in [0.717, 1.165) is 11.1 Å². The third-order valence-corrected chi connectivity index (χ3v) is 3.57. The van der Waals surface area contributed by atoms with Crippen LogP contribution < -0.4 is 0 Å². The summed E-state index contributed by atoms with van der Waals surface area (Å²) in [6.07, 6.45) is 0.341. The molecule has 0 amide bonds. The molecule has 2 aromatic rings. The van der Waals surface area contributed by atoms with Crippen LogP contribution in [-0.2, 0) is 12.8 Å². The number of aliphatic hydroxyl groups is 1. The van der Waals surface area contributed by atoms with Crippen molar-refractivity contribution in [2.24, 2.45) is 0 Å². The van der Waals surface area contributed by atoms with Crippen LogP contribution in [0.1, 0.15) is 17.5 Å². The van der Waals surface area contributed by atoms with Crippen LogP contribution in [0.3, 0.4) is 0 Å². The lowest BCUT2D eigenvalue weighted by Gasteiger charge is -2.16. The summed E-state index contributed by atoms with van der Waals surface area (Å²) in [6.45, 7) is 0. The fourth-order valence-electron chi connectivity index (χ4n) is 2.36. The Morgan fingerprint density at radius 1 is 0.952 bits per heavy atom. The van der Waals surface area contributed by atoms with Gasteiger partial charge < -0.3 is 5.11 Å². The van der Waals surface area contributed by atoms with E-state index in [0.29, 0.717) is 12.8 Å². The Hall–Kier alpha value is -2.20. The summed E-state index contributed by atoms with van der Waals surface area (Å²) in [4.78, 5) is 10.8. The van der Waals surface area contributed by atoms with E-state index >= 15 is 0 Å². The molecular formula is C17H19NO3. The zero-order valence-corrected chi connectivity index (χ0v) is 11.8. The predicted octanol–water partition coefficient (Wildman–Crippen LogP) is 2.87. The van der Waals surface area contributed by atoms with Crippen LogP contribution in [-0.4, -0.2) is 22.2 Å². The van der Waals surface area contributed by atoms with Crippen LogP contribution in [0.2, 0.25) is 0 Å². The maximum atomic E-state index is 11.2. The molecule has 0 aliphatic heterocycles. The molecule has 0 heterocycles. The van der Waals surface area contributed by atoms with Gasteiger partial charge in [0.05, 0.1) is 0 Å². The highest BCUT2D eigenvalue weighted by molar-refractivity contribution is 5.16. The standard InChI is InChI=1S/C17H19NO3/c19-17(12-11-14-7-3-1-4-8-14)16(18(20)21)13-15-9-5-2-6-10-15/h1-10,16-17,19H,11-13H2/t16-,17-/m0/s1. The van der Waals surface area contributed by atoms with E-state index in [4.69, 9.17) is 0 Å². The highest BCUT2D eigenvalue weighted by Gasteiger charge is 2.29. The quantitative estimate of drug-likeness (QED) is 0.628. The Kier molecular flexibility index (Phi) is 5.46. The van der Waals surface area contributed by atoms with Gasteiger partial charge in [0, 0.05) is 11.3 Å². The van der Waals surface area contributed by atoms with Crippen molar-refractivity contribution in [2.75, 3.05) is 0 Å². The first kappa shape index (κ1) is 15.2. The van der Waals surface area contributed by atoms with Crippen LogP contribution in [0.5, 0.6) is 0 Å². The third-order valence-electron chi connectivity index (χ3n) is 3.57. The maximum absolute atomic E-state index is 11.2. The minimum atomic E-state index is -0.962. The Labute approximate surface area is 124 Å². The normalized spacial score (nSPS) is 13.6. The molecule has 0 bridgehead atoms. The number of nitrogens with zero attached hydrogens (tertiary/aromatic N) is 1. The molecule has 0 radical (unpaired) electrons. The average molecular weight is 285 g/mol. The minimum Gasteiger partial charge on any atom is -0.386 e. The topological polar surface area (TPSA) is 63.4 Å². The molecule has 0 aliphatic rings. The van der Waals surface area contributed by atoms with Gasteiger partial charge in [0.2, 0.25) is 6.04 Å². The summed E-state index contributed by atoms with van der Waals surface area (Å²) < 4.78 is 0. The van der Waals surface area contributed by atoms with Crippen molar-refractivity contribution in [1.29, 1.82) is 0 Å². The first-order valence-electron chi connectivity index (χ1n) is 7.06. The smallest absolute Gasteiger partial charge is 0.242 e. The molecule has 0 aromatic heterocycles. The number of rotatable bonds is 7. The van der Waals surface area contributed by atoms with Gasteiger partial charge in [-0.1, -0.05) is 60.7 Å². The van der Waals surface area contributed by atoms with Crippen molar-refractivity contribution in [3.63, 3.8) is 0 Å². The van der Waals surface area contributed by atoms with Crippen molar-refractivity contribution in [3.8, 4) is 0 Å². The van der Waals surface area contributed by atoms with Crippen LogP contribution in [0.15, 0.2) is 60.7 Å². The summed E-state index contributed by atoms with van der Waals surface area (Å²) in [6, 6.07) is 18.0. The van der Waals surface area contributed by atoms with Crippen LogP contribution in [0.4, 0.5) is 0 Å². The summed E-state index contributed by atoms with van der Waals surface area (Å²) in [7, 11) is 0. The number of aliphatic hydroxyl groups excluding tert-OH is 1. The number of hydrogen-bond donors (Lipinski definition) is 1. The zero-order valence-electron chi connectivity index (χ0n) is 11.8. The molecule has 2 rings (SSSR count). The molecule has 4 nitrogen and oxygen atoms in total. The molecule has 2 atom stereocenters. The maximum Gasteiger partial charge on any atom is 0.242 e. The van der Waals surface area contributed by atoms with Crippen LogP contribution in [0.25, 0.3) is 0 Å². The van der Waals surface area contributed by atoms with Gasteiger partial charge in [-0.25, -0.2) is 0 Å². The molecule has 21 heavy (non-hydrogen) atoms. The SMILES string of the molecule is O=[N+]([O-])[C@@H](Cc1ccccc1)[C@@H](O)CCc1ccccc1. The van der Waals surface area contributed by atoms with E-state index in [2.05, 4.69) is 0 Å². The predicted molar refractivity (Wildman–Crippen MR) is 81.7 cm³/mol. The van der Waals surface area contributed by atoms with Gasteiger partial charge >= 0.3 is 0 Å². The van der Waals surface area contributed by atoms with Gasteiger partial charge in [0.1, 0.15) is 6.10 Å². The van der Waals surface area contributed by atoms with E-state index < -0.39 is 12.1 Å². The molecule has 4 heteroatoms. The molecular weight excluding hydrogens is 266 g/mol. The number of benzene rings is 2. The summed E-state index contributed by atoms with van der Waals surface area (Å²) in [5, 5.41) is 21.4. The van der Waals surface area contributed by atoms with E-state index in [1.165, 1.54) is 0 Å². The molecule has 0 saturated heterocycles. The Morgan fingerprint density at radius 3 is 2.00 bits per heavy atom. The Bertz CT molecular complexity index is 557. The molecule has 0 spiro atoms. The van der Waals surface area contributed by atoms with Gasteiger partial charge in [0.25, 0.3) is 0 Å². The zero-order chi connectivity index (χ0) is 15.1. The van der Waals surface area contributed by atoms with E-state index in [1.54, 1.807) is 0 Å². The molecule has 0 fully saturated rings. The lowest BCUT2D eigenvalue weighted by Crippen LogP contribution is -2.36. The third kappa shape index (κ3) is 4.68. The highest BCUT2D eigenvalue weighted by Crippen LogP contribution is 2.14. The second-order valence-corrected chi connectivity index (χ2v) is 5.13. The van der Waals surface area contributed by atoms with E-state index in [-0.39, 0.29) is 11.3 Å². The van der Waals surface area contributed by atoms with Gasteiger partial charge in [-0.2, -0.15) is 0 Å². The largest absolute Gasteiger partial charge is 0.386 e. The van der Waals surface area contributed by atoms with Gasteiger partial charge in [-0.05, 0) is 24.0 Å². The van der Waals surface area contributed by atoms with Crippen molar-refractivity contribution in [2.45, 2.75) is 31.4 Å². The molecule has 110 valence electrons. The fraction of sp³-hybridized carbons (Fsp3) is 0.294. The molecule has 1 N–H and O–H groups in total. The van der Waals surface area contributed by atoms with E-state index in [9.17, 15) is 15.2 Å². The average Bonchev–Trinajstić information content (AvgIpc) is 2.52.